The molecule has 0 radical (unpaired) electrons. The fraction of sp³-hybridized carbons (Fsp3) is 0.250. The monoisotopic (exact) mass is 269 g/mol. The summed E-state index contributed by atoms with van der Waals surface area (Å²) in [5.41, 5.74) is 3.29. The van der Waals surface area contributed by atoms with Crippen molar-refractivity contribution in [1.29, 1.82) is 0 Å². The number of pyridine rings is 1. The summed E-state index contributed by atoms with van der Waals surface area (Å²) in [7, 11) is 0. The Bertz CT molecular complexity index is 555. The molecule has 1 aromatic carbocycles. The highest BCUT2D eigenvalue weighted by Crippen LogP contribution is 2.05. The van der Waals surface area contributed by atoms with Crippen molar-refractivity contribution in [2.24, 2.45) is 0 Å². The molecule has 0 saturated carbocycles. The number of nitrogens with zero attached hydrogens (tertiary/aromatic N) is 1. The predicted molar refractivity (Wildman–Crippen MR) is 79.4 cm³/mol. The Morgan fingerprint density at radius 2 is 1.90 bits per heavy atom. The van der Waals surface area contributed by atoms with Crippen molar-refractivity contribution in [2.75, 3.05) is 6.54 Å². The van der Waals surface area contributed by atoms with E-state index in [0.717, 1.165) is 17.7 Å². The lowest BCUT2D eigenvalue weighted by molar-refractivity contribution is 0.240. The summed E-state index contributed by atoms with van der Waals surface area (Å²) < 4.78 is 0. The van der Waals surface area contributed by atoms with Crippen LogP contribution in [0, 0.1) is 6.92 Å². The van der Waals surface area contributed by atoms with Gasteiger partial charge < -0.3 is 10.6 Å². The molecule has 4 heteroatoms. The normalized spacial score (nSPS) is 10.1. The van der Waals surface area contributed by atoms with Gasteiger partial charge in [-0.3, -0.25) is 4.98 Å². The van der Waals surface area contributed by atoms with Gasteiger partial charge >= 0.3 is 6.03 Å². The van der Waals surface area contributed by atoms with Gasteiger partial charge in [0, 0.05) is 31.4 Å². The predicted octanol–water partition coefficient (Wildman–Crippen LogP) is 2.43. The zero-order chi connectivity index (χ0) is 14.2. The Balaban J connectivity index is 1.70. The number of benzene rings is 1. The molecule has 0 aliphatic rings. The van der Waals surface area contributed by atoms with Gasteiger partial charge in [0.25, 0.3) is 0 Å². The summed E-state index contributed by atoms with van der Waals surface area (Å²) in [6.45, 7) is 3.16. The second-order valence-electron chi connectivity index (χ2n) is 4.61. The standard InChI is InChI=1S/C16H19N3O/c1-13-6-2-3-7-14(13)12-19-16(20)18-11-9-15-8-4-5-10-17-15/h2-8,10H,9,11-12H2,1H3,(H2,18,19,20). The van der Waals surface area contributed by atoms with E-state index in [1.807, 2.05) is 49.4 Å². The third-order valence-corrected chi connectivity index (χ3v) is 3.09. The molecule has 20 heavy (non-hydrogen) atoms. The fourth-order valence-electron chi connectivity index (χ4n) is 1.90. The maximum absolute atomic E-state index is 11.7. The van der Waals surface area contributed by atoms with Gasteiger partial charge in [-0.1, -0.05) is 30.3 Å². The highest BCUT2D eigenvalue weighted by atomic mass is 16.2. The van der Waals surface area contributed by atoms with Crippen LogP contribution in [0.1, 0.15) is 16.8 Å². The van der Waals surface area contributed by atoms with Crippen LogP contribution in [0.25, 0.3) is 0 Å². The summed E-state index contributed by atoms with van der Waals surface area (Å²) in [5, 5.41) is 5.69. The average Bonchev–Trinajstić information content (AvgIpc) is 2.47. The van der Waals surface area contributed by atoms with Gasteiger partial charge in [-0.05, 0) is 30.2 Å². The van der Waals surface area contributed by atoms with Crippen LogP contribution in [-0.2, 0) is 13.0 Å². The van der Waals surface area contributed by atoms with Crippen LogP contribution in [0.3, 0.4) is 0 Å². The number of aromatic nitrogens is 1. The molecule has 0 atom stereocenters. The van der Waals surface area contributed by atoms with Gasteiger partial charge in [-0.2, -0.15) is 0 Å². The van der Waals surface area contributed by atoms with E-state index in [-0.39, 0.29) is 6.03 Å². The molecule has 0 unspecified atom stereocenters. The minimum atomic E-state index is -0.149. The van der Waals surface area contributed by atoms with E-state index in [1.54, 1.807) is 6.20 Å². The zero-order valence-corrected chi connectivity index (χ0v) is 11.6. The molecule has 2 rings (SSSR count). The molecule has 1 heterocycles. The van der Waals surface area contributed by atoms with Crippen LogP contribution in [0.2, 0.25) is 0 Å². The molecule has 2 aromatic rings. The molecule has 2 amide bonds. The van der Waals surface area contributed by atoms with Gasteiger partial charge in [-0.15, -0.1) is 0 Å². The number of urea groups is 1. The van der Waals surface area contributed by atoms with E-state index in [4.69, 9.17) is 0 Å². The van der Waals surface area contributed by atoms with E-state index in [9.17, 15) is 4.79 Å². The Morgan fingerprint density at radius 3 is 2.65 bits per heavy atom. The number of nitrogens with one attached hydrogen (secondary N) is 2. The molecule has 0 aliphatic heterocycles. The molecule has 0 fully saturated rings. The molecule has 0 saturated heterocycles. The number of carbonyl (C=O) groups is 1. The van der Waals surface area contributed by atoms with Gasteiger partial charge in [0.05, 0.1) is 0 Å². The van der Waals surface area contributed by atoms with Crippen molar-refractivity contribution >= 4 is 6.03 Å². The van der Waals surface area contributed by atoms with Crippen LogP contribution >= 0.6 is 0 Å². The first-order valence-corrected chi connectivity index (χ1v) is 6.72. The van der Waals surface area contributed by atoms with E-state index >= 15 is 0 Å². The number of aryl methyl sites for hydroxylation is 1. The maximum atomic E-state index is 11.7. The molecule has 0 aliphatic carbocycles. The zero-order valence-electron chi connectivity index (χ0n) is 11.6. The Labute approximate surface area is 119 Å². The first-order chi connectivity index (χ1) is 9.75. The van der Waals surface area contributed by atoms with Crippen molar-refractivity contribution < 1.29 is 4.79 Å². The number of amides is 2. The van der Waals surface area contributed by atoms with Gasteiger partial charge in [0.1, 0.15) is 0 Å². The number of hydrogen-bond acceptors (Lipinski definition) is 2. The average molecular weight is 269 g/mol. The molecule has 0 bridgehead atoms. The van der Waals surface area contributed by atoms with Crippen molar-refractivity contribution in [3.8, 4) is 0 Å². The lowest BCUT2D eigenvalue weighted by atomic mass is 10.1. The second-order valence-corrected chi connectivity index (χ2v) is 4.61. The fourth-order valence-corrected chi connectivity index (χ4v) is 1.90. The topological polar surface area (TPSA) is 54.0 Å². The third-order valence-electron chi connectivity index (χ3n) is 3.09. The Morgan fingerprint density at radius 1 is 1.10 bits per heavy atom. The highest BCUT2D eigenvalue weighted by Gasteiger charge is 2.02. The van der Waals surface area contributed by atoms with E-state index in [2.05, 4.69) is 15.6 Å². The third kappa shape index (κ3) is 4.39. The first-order valence-electron chi connectivity index (χ1n) is 6.72. The SMILES string of the molecule is Cc1ccccc1CNC(=O)NCCc1ccccn1. The van der Waals surface area contributed by atoms with Gasteiger partial charge in [-0.25, -0.2) is 4.79 Å². The minimum Gasteiger partial charge on any atom is -0.338 e. The summed E-state index contributed by atoms with van der Waals surface area (Å²) in [6.07, 6.45) is 2.49. The van der Waals surface area contributed by atoms with E-state index in [1.165, 1.54) is 5.56 Å². The van der Waals surface area contributed by atoms with E-state index < -0.39 is 0 Å². The molecule has 104 valence electrons. The van der Waals surface area contributed by atoms with Crippen LogP contribution in [0.5, 0.6) is 0 Å². The van der Waals surface area contributed by atoms with Crippen LogP contribution in [0.15, 0.2) is 48.7 Å². The lowest BCUT2D eigenvalue weighted by Crippen LogP contribution is -2.36. The molecule has 4 nitrogen and oxygen atoms in total. The molecule has 0 spiro atoms. The molecule has 2 N–H and O–H groups in total. The highest BCUT2D eigenvalue weighted by molar-refractivity contribution is 5.73. The number of carbonyl (C=O) groups excluding carboxylic acids is 1. The Hall–Kier alpha value is -2.36. The number of rotatable bonds is 5. The second kappa shape index (κ2) is 7.28. The van der Waals surface area contributed by atoms with Crippen molar-refractivity contribution in [3.63, 3.8) is 0 Å². The van der Waals surface area contributed by atoms with Crippen molar-refractivity contribution in [3.05, 3.63) is 65.5 Å². The maximum Gasteiger partial charge on any atom is 0.315 e. The smallest absolute Gasteiger partial charge is 0.315 e. The first kappa shape index (κ1) is 14.1. The van der Waals surface area contributed by atoms with Crippen LogP contribution in [0.4, 0.5) is 4.79 Å². The molecule has 1 aromatic heterocycles. The largest absolute Gasteiger partial charge is 0.338 e. The van der Waals surface area contributed by atoms with Gasteiger partial charge in [0.2, 0.25) is 0 Å². The summed E-state index contributed by atoms with van der Waals surface area (Å²) in [6, 6.07) is 13.7. The lowest BCUT2D eigenvalue weighted by Gasteiger charge is -2.09. The molecular formula is C16H19N3O. The summed E-state index contributed by atoms with van der Waals surface area (Å²) in [4.78, 5) is 15.9. The minimum absolute atomic E-state index is 0.149. The van der Waals surface area contributed by atoms with Crippen molar-refractivity contribution in [1.82, 2.24) is 15.6 Å². The Kier molecular flexibility index (Phi) is 5.12. The van der Waals surface area contributed by atoms with Crippen LogP contribution in [-0.4, -0.2) is 17.6 Å². The molecular weight excluding hydrogens is 250 g/mol. The van der Waals surface area contributed by atoms with Crippen LogP contribution < -0.4 is 10.6 Å². The summed E-state index contributed by atoms with van der Waals surface area (Å²) in [5.74, 6) is 0. The van der Waals surface area contributed by atoms with Crippen molar-refractivity contribution in [2.45, 2.75) is 19.9 Å². The quantitative estimate of drug-likeness (QED) is 0.876. The number of hydrogen-bond donors (Lipinski definition) is 2. The van der Waals surface area contributed by atoms with E-state index in [0.29, 0.717) is 13.1 Å². The summed E-state index contributed by atoms with van der Waals surface area (Å²) >= 11 is 0. The van der Waals surface area contributed by atoms with Gasteiger partial charge in [0.15, 0.2) is 0 Å².